The number of nitrogens with zero attached hydrogens (tertiary/aromatic N) is 10. The Morgan fingerprint density at radius 1 is 0.935 bits per heavy atom. The molecule has 0 bridgehead atoms. The number of aromatic nitrogens is 6. The zero-order chi connectivity index (χ0) is 52.9. The van der Waals surface area contributed by atoms with E-state index in [1.54, 1.807) is 32.4 Å². The van der Waals surface area contributed by atoms with Crippen molar-refractivity contribution in [1.29, 1.82) is 0 Å². The van der Waals surface area contributed by atoms with Crippen LogP contribution in [0.2, 0.25) is 0 Å². The third kappa shape index (κ3) is 9.75. The number of urea groups is 1. The van der Waals surface area contributed by atoms with Gasteiger partial charge >= 0.3 is 11.7 Å². The van der Waals surface area contributed by atoms with E-state index < -0.39 is 18.4 Å². The molecule has 4 amide bonds. The van der Waals surface area contributed by atoms with Gasteiger partial charge in [0, 0.05) is 133 Å². The van der Waals surface area contributed by atoms with Crippen LogP contribution in [0.3, 0.4) is 0 Å². The second-order valence-corrected chi connectivity index (χ2v) is 21.5. The van der Waals surface area contributed by atoms with E-state index in [9.17, 15) is 19.2 Å². The zero-order valence-electron chi connectivity index (χ0n) is 43.8. The van der Waals surface area contributed by atoms with Crippen molar-refractivity contribution < 1.29 is 32.6 Å². The number of benzene rings is 2. The lowest BCUT2D eigenvalue weighted by atomic mass is 9.90. The van der Waals surface area contributed by atoms with Crippen molar-refractivity contribution in [2.75, 3.05) is 82.5 Å². The van der Waals surface area contributed by atoms with Crippen molar-refractivity contribution in [1.82, 2.24) is 48.7 Å². The van der Waals surface area contributed by atoms with Gasteiger partial charge in [-0.1, -0.05) is 17.9 Å². The van der Waals surface area contributed by atoms with Crippen molar-refractivity contribution in [2.24, 2.45) is 13.0 Å². The Labute approximate surface area is 445 Å². The summed E-state index contributed by atoms with van der Waals surface area (Å²) in [6, 6.07) is 10.4. The van der Waals surface area contributed by atoms with Gasteiger partial charge < -0.3 is 38.8 Å². The highest BCUT2D eigenvalue weighted by Gasteiger charge is 2.36. The molecule has 6 aliphatic heterocycles. The summed E-state index contributed by atoms with van der Waals surface area (Å²) in [6.07, 6.45) is 11.2. The molecule has 20 heteroatoms. The Bertz CT molecular complexity index is 3370. The molecule has 2 N–H and O–H groups in total. The molecular weight excluding hydrogens is 987 g/mol. The molecular formula is C57H66F2N12O6. The van der Waals surface area contributed by atoms with Gasteiger partial charge in [0.05, 0.1) is 41.0 Å². The van der Waals surface area contributed by atoms with Crippen LogP contribution in [0.25, 0.3) is 27.8 Å². The summed E-state index contributed by atoms with van der Waals surface area (Å²) in [7, 11) is 3.31. The van der Waals surface area contributed by atoms with E-state index in [2.05, 4.69) is 53.0 Å². The lowest BCUT2D eigenvalue weighted by molar-refractivity contribution is -0.135. The van der Waals surface area contributed by atoms with Gasteiger partial charge in [-0.15, -0.1) is 0 Å². The molecule has 0 spiro atoms. The number of fused-ring (bicyclic) bond motifs is 4. The summed E-state index contributed by atoms with van der Waals surface area (Å²) in [5.74, 6) is 6.81. The molecule has 18 nitrogen and oxygen atoms in total. The van der Waals surface area contributed by atoms with Crippen LogP contribution < -0.4 is 26.1 Å². The fourth-order valence-electron chi connectivity index (χ4n) is 12.9. The highest BCUT2D eigenvalue weighted by Crippen LogP contribution is 2.46. The largest absolute Gasteiger partial charge is 0.381 e. The number of imidazole rings is 2. The van der Waals surface area contributed by atoms with Crippen molar-refractivity contribution in [3.63, 3.8) is 0 Å². The fraction of sp³-hybridized carbons (Fsp3) is 0.509. The minimum atomic E-state index is -2.74. The summed E-state index contributed by atoms with van der Waals surface area (Å²) in [6.45, 7) is 7.63. The number of amides is 4. The Kier molecular flexibility index (Phi) is 14.1. The first kappa shape index (κ1) is 50.7. The number of aryl methyl sites for hydroxylation is 2. The normalized spacial score (nSPS) is 20.2. The third-order valence-corrected chi connectivity index (χ3v) is 17.0. The van der Waals surface area contributed by atoms with Gasteiger partial charge in [0.15, 0.2) is 5.82 Å². The maximum Gasteiger partial charge on any atom is 0.329 e. The monoisotopic (exact) mass is 1050 g/mol. The van der Waals surface area contributed by atoms with E-state index >= 15 is 8.78 Å². The van der Waals surface area contributed by atoms with Crippen LogP contribution in [-0.2, 0) is 45.5 Å². The van der Waals surface area contributed by atoms with E-state index in [-0.39, 0.29) is 54.8 Å². The van der Waals surface area contributed by atoms with E-state index in [1.165, 1.54) is 9.13 Å². The van der Waals surface area contributed by atoms with Crippen molar-refractivity contribution in [3.8, 4) is 23.0 Å². The quantitative estimate of drug-likeness (QED) is 0.111. The molecule has 12 rings (SSSR count). The van der Waals surface area contributed by atoms with E-state index in [1.807, 2.05) is 39.8 Å². The Balaban J connectivity index is 0.713. The van der Waals surface area contributed by atoms with Crippen LogP contribution in [-0.4, -0.2) is 135 Å². The summed E-state index contributed by atoms with van der Waals surface area (Å²) < 4.78 is 50.6. The lowest BCUT2D eigenvalue weighted by Gasteiger charge is -2.39. The predicted octanol–water partition coefficient (Wildman–Crippen LogP) is 6.65. The topological polar surface area (TPSA) is 169 Å². The number of ether oxygens (including phenoxy) is 2. The lowest BCUT2D eigenvalue weighted by Crippen LogP contribution is -2.44. The van der Waals surface area contributed by atoms with Crippen molar-refractivity contribution in [3.05, 3.63) is 93.4 Å². The molecule has 6 aromatic rings. The first-order valence-corrected chi connectivity index (χ1v) is 27.5. The number of piperidine rings is 3. The molecule has 2 aromatic carbocycles. The minimum Gasteiger partial charge on any atom is -0.381 e. The van der Waals surface area contributed by atoms with Gasteiger partial charge in [-0.05, 0) is 105 Å². The van der Waals surface area contributed by atoms with Crippen LogP contribution in [0.5, 0.6) is 0 Å². The van der Waals surface area contributed by atoms with Crippen LogP contribution in [0, 0.1) is 17.8 Å². The predicted molar refractivity (Wildman–Crippen MR) is 287 cm³/mol. The number of nitrogens with one attached hydrogen (secondary N) is 2. The Hall–Kier alpha value is -7.08. The number of carbonyl (C=O) groups excluding carboxylic acids is 3. The number of hydrogen-bond donors (Lipinski definition) is 2. The number of rotatable bonds is 10. The third-order valence-electron chi connectivity index (χ3n) is 17.0. The maximum atomic E-state index is 15.7. The van der Waals surface area contributed by atoms with Gasteiger partial charge in [0.2, 0.25) is 11.8 Å². The van der Waals surface area contributed by atoms with E-state index in [0.717, 1.165) is 124 Å². The second kappa shape index (κ2) is 21.4. The van der Waals surface area contributed by atoms with Crippen LogP contribution >= 0.6 is 0 Å². The van der Waals surface area contributed by atoms with Gasteiger partial charge in [0.25, 0.3) is 6.43 Å². The second-order valence-electron chi connectivity index (χ2n) is 21.5. The molecule has 4 saturated heterocycles. The van der Waals surface area contributed by atoms with Crippen molar-refractivity contribution in [2.45, 2.75) is 102 Å². The first-order chi connectivity index (χ1) is 37.5. The molecule has 0 radical (unpaired) electrons. The SMILES string of the molecule is CNC(=O)N1CCc2c(c(N3CCCc4cc(-c5cc6nccn6cc5N5CCC(CN6CCC(OCC#Cc7cccc8c7n(C)c(=O)n8C7CCC(=O)NC7=O)CC6)CC5)c(C(F)F)cc43)nn2C2CCOCC2)C1. The van der Waals surface area contributed by atoms with Gasteiger partial charge in [-0.25, -0.2) is 23.4 Å². The molecule has 1 unspecified atom stereocenters. The fourth-order valence-corrected chi connectivity index (χ4v) is 12.9. The summed E-state index contributed by atoms with van der Waals surface area (Å²) in [5, 5.41) is 10.4. The molecule has 0 aliphatic carbocycles. The van der Waals surface area contributed by atoms with Crippen LogP contribution in [0.4, 0.5) is 30.8 Å². The van der Waals surface area contributed by atoms with Gasteiger partial charge in [0.1, 0.15) is 18.3 Å². The minimum absolute atomic E-state index is 0.0168. The van der Waals surface area contributed by atoms with Gasteiger partial charge in [-0.2, -0.15) is 5.10 Å². The Morgan fingerprint density at radius 2 is 1.75 bits per heavy atom. The average Bonchev–Trinajstić information content (AvgIpc) is 4.20. The zero-order valence-corrected chi connectivity index (χ0v) is 43.8. The number of para-hydroxylation sites is 1. The molecule has 77 heavy (non-hydrogen) atoms. The number of anilines is 3. The number of hydrogen-bond acceptors (Lipinski definition) is 11. The van der Waals surface area contributed by atoms with Crippen LogP contribution in [0.1, 0.15) is 104 Å². The first-order valence-electron chi connectivity index (χ1n) is 27.5. The van der Waals surface area contributed by atoms with Crippen molar-refractivity contribution >= 4 is 51.7 Å². The molecule has 404 valence electrons. The molecule has 4 aromatic heterocycles. The average molecular weight is 1050 g/mol. The summed E-state index contributed by atoms with van der Waals surface area (Å²) >= 11 is 0. The number of imide groups is 1. The molecule has 0 saturated carbocycles. The highest BCUT2D eigenvalue weighted by molar-refractivity contribution is 6.00. The molecule has 1 atom stereocenters. The standard InChI is InChI=1S/C57H66F2N12O6/c1-60-56(74)68-25-16-45-44(34-68)54(63-71(45)39-17-28-76-29-18-39)69-20-4-7-38-30-41(43(53(58)59)31-48(38)69)42-32-50-61-19-26-67(50)35-49(42)66-23-12-36(13-24-66)33-65-21-14-40(15-22-65)77-27-5-8-37-6-3-9-46-52(37)64(2)57(75)70(46)47-10-11-51(72)62-55(47)73/h3,6,9,19,26,30-32,35-36,39-40,47,53H,4,7,10-18,20-25,27-29,33-34H2,1-2H3,(H,60,74)(H,62,72,73). The highest BCUT2D eigenvalue weighted by atomic mass is 19.3. The molecule has 6 aliphatic rings. The Morgan fingerprint density at radius 3 is 2.53 bits per heavy atom. The number of pyridine rings is 1. The smallest absolute Gasteiger partial charge is 0.329 e. The van der Waals surface area contributed by atoms with E-state index in [0.29, 0.717) is 73.0 Å². The van der Waals surface area contributed by atoms with E-state index in [4.69, 9.17) is 14.6 Å². The summed E-state index contributed by atoms with van der Waals surface area (Å²) in [4.78, 5) is 64.2. The number of alkyl halides is 2. The summed E-state index contributed by atoms with van der Waals surface area (Å²) in [5.41, 5.74) is 8.34. The molecule has 4 fully saturated rings. The molecule has 10 heterocycles. The maximum absolute atomic E-state index is 15.7. The van der Waals surface area contributed by atoms with Crippen LogP contribution in [0.15, 0.2) is 59.8 Å². The number of halogens is 2. The number of likely N-dealkylation sites (tertiary alicyclic amines) is 1. The van der Waals surface area contributed by atoms with Gasteiger partial charge in [-0.3, -0.25) is 28.7 Å². The number of carbonyl (C=O) groups is 3.